The number of likely N-dealkylation sites (N-methyl/N-ethyl adjacent to an activating group) is 1. The minimum atomic E-state index is -3.78. The van der Waals surface area contributed by atoms with Crippen molar-refractivity contribution in [1.29, 1.82) is 0 Å². The molecule has 1 aromatic rings. The quantitative estimate of drug-likeness (QED) is 0.824. The van der Waals surface area contributed by atoms with Crippen molar-refractivity contribution < 1.29 is 18.0 Å². The van der Waals surface area contributed by atoms with E-state index in [1.807, 2.05) is 0 Å². The van der Waals surface area contributed by atoms with Gasteiger partial charge in [0.1, 0.15) is 0 Å². The molecule has 0 saturated heterocycles. The van der Waals surface area contributed by atoms with Crippen molar-refractivity contribution in [3.05, 3.63) is 23.8 Å². The average molecular weight is 337 g/mol. The summed E-state index contributed by atoms with van der Waals surface area (Å²) in [6, 6.07) is 4.73. The molecule has 8 heteroatoms. The maximum Gasteiger partial charge on any atom is 0.243 e. The van der Waals surface area contributed by atoms with Crippen LogP contribution in [0.3, 0.4) is 0 Å². The van der Waals surface area contributed by atoms with Crippen molar-refractivity contribution in [1.82, 2.24) is 9.62 Å². The number of anilines is 1. The zero-order valence-electron chi connectivity index (χ0n) is 13.0. The Morgan fingerprint density at radius 3 is 2.74 bits per heavy atom. The maximum absolute atomic E-state index is 12.6. The Morgan fingerprint density at radius 1 is 1.39 bits per heavy atom. The van der Waals surface area contributed by atoms with Crippen molar-refractivity contribution in [2.75, 3.05) is 18.9 Å². The fraction of sp³-hybridized carbons (Fsp3) is 0.467. The molecule has 2 amide bonds. The van der Waals surface area contributed by atoms with E-state index in [0.717, 1.165) is 17.1 Å². The summed E-state index contributed by atoms with van der Waals surface area (Å²) < 4.78 is 26.2. The predicted octanol–water partition coefficient (Wildman–Crippen LogP) is 0.641. The Bertz CT molecular complexity index is 771. The Hall–Kier alpha value is -1.93. The molecule has 0 radical (unpaired) electrons. The first-order chi connectivity index (χ1) is 10.8. The van der Waals surface area contributed by atoms with Crippen LogP contribution < -0.4 is 10.6 Å². The van der Waals surface area contributed by atoms with E-state index in [0.29, 0.717) is 11.3 Å². The fourth-order valence-corrected chi connectivity index (χ4v) is 3.69. The Labute approximate surface area is 135 Å². The zero-order chi connectivity index (χ0) is 16.8. The number of sulfonamides is 1. The van der Waals surface area contributed by atoms with Gasteiger partial charge in [0, 0.05) is 18.8 Å². The summed E-state index contributed by atoms with van der Waals surface area (Å²) in [4.78, 5) is 23.5. The smallest absolute Gasteiger partial charge is 0.243 e. The number of rotatable bonds is 5. The first-order valence-electron chi connectivity index (χ1n) is 7.49. The lowest BCUT2D eigenvalue weighted by molar-refractivity contribution is -0.121. The van der Waals surface area contributed by atoms with Crippen LogP contribution in [0.4, 0.5) is 5.69 Å². The number of hydrogen-bond donors (Lipinski definition) is 2. The van der Waals surface area contributed by atoms with E-state index in [2.05, 4.69) is 10.6 Å². The van der Waals surface area contributed by atoms with Gasteiger partial charge in [0.05, 0.1) is 17.4 Å². The number of fused-ring (bicyclic) bond motifs is 1. The topological polar surface area (TPSA) is 95.6 Å². The van der Waals surface area contributed by atoms with Gasteiger partial charge in [0.2, 0.25) is 21.8 Å². The average Bonchev–Trinajstić information content (AvgIpc) is 3.25. The van der Waals surface area contributed by atoms with Gasteiger partial charge in [-0.3, -0.25) is 9.59 Å². The lowest BCUT2D eigenvalue weighted by atomic mass is 10.0. The minimum absolute atomic E-state index is 0.0846. The summed E-state index contributed by atoms with van der Waals surface area (Å²) in [6.07, 6.45) is 1.90. The van der Waals surface area contributed by atoms with Gasteiger partial charge in [0.25, 0.3) is 0 Å². The lowest BCUT2D eigenvalue weighted by Gasteiger charge is -2.17. The Balaban J connectivity index is 1.79. The van der Waals surface area contributed by atoms with E-state index in [4.69, 9.17) is 0 Å². The molecule has 124 valence electrons. The van der Waals surface area contributed by atoms with Crippen LogP contribution in [0.5, 0.6) is 0 Å². The first-order valence-corrected chi connectivity index (χ1v) is 8.93. The molecule has 1 aromatic carbocycles. The molecular formula is C15H19N3O4S. The molecule has 1 fully saturated rings. The van der Waals surface area contributed by atoms with Crippen LogP contribution in [0.1, 0.15) is 31.2 Å². The van der Waals surface area contributed by atoms with Gasteiger partial charge < -0.3 is 10.6 Å². The minimum Gasteiger partial charge on any atom is -0.352 e. The molecule has 2 aliphatic rings. The van der Waals surface area contributed by atoms with Crippen molar-refractivity contribution in [2.24, 2.45) is 0 Å². The second-order valence-electron chi connectivity index (χ2n) is 6.06. The summed E-state index contributed by atoms with van der Waals surface area (Å²) in [5.41, 5.74) is 1.29. The van der Waals surface area contributed by atoms with E-state index in [-0.39, 0.29) is 35.2 Å². The highest BCUT2D eigenvalue weighted by atomic mass is 32.2. The molecule has 1 aliphatic carbocycles. The molecule has 7 nitrogen and oxygen atoms in total. The number of carbonyl (C=O) groups excluding carboxylic acids is 2. The molecule has 3 rings (SSSR count). The number of nitrogens with zero attached hydrogens (tertiary/aromatic N) is 1. The van der Waals surface area contributed by atoms with Crippen LogP contribution in [0.15, 0.2) is 23.1 Å². The van der Waals surface area contributed by atoms with Gasteiger partial charge >= 0.3 is 0 Å². The van der Waals surface area contributed by atoms with Crippen molar-refractivity contribution >= 4 is 27.5 Å². The molecule has 1 atom stereocenters. The van der Waals surface area contributed by atoms with Gasteiger partial charge in [-0.25, -0.2) is 8.42 Å². The third-order valence-electron chi connectivity index (χ3n) is 4.16. The number of hydrogen-bond acceptors (Lipinski definition) is 4. The Morgan fingerprint density at radius 2 is 2.09 bits per heavy atom. The molecule has 23 heavy (non-hydrogen) atoms. The molecule has 0 unspecified atom stereocenters. The van der Waals surface area contributed by atoms with Crippen LogP contribution >= 0.6 is 0 Å². The lowest BCUT2D eigenvalue weighted by Crippen LogP contribution is -2.39. The third-order valence-corrected chi connectivity index (χ3v) is 5.96. The number of carbonyl (C=O) groups is 2. The second kappa shape index (κ2) is 5.61. The maximum atomic E-state index is 12.6. The normalized spacial score (nSPS) is 20.3. The number of benzene rings is 1. The molecule has 0 aromatic heterocycles. The standard InChI is InChI=1S/C15H19N3O4S/c1-9-12-7-11(5-6-13(12)17-15(9)20)23(21,22)18(2)8-14(19)16-10-3-4-10/h5-7,9-10H,3-4,8H2,1-2H3,(H,16,19)(H,17,20)/t9-/m1/s1. The summed E-state index contributed by atoms with van der Waals surface area (Å²) in [7, 11) is -2.40. The monoisotopic (exact) mass is 337 g/mol. The van der Waals surface area contributed by atoms with Crippen LogP contribution in [-0.4, -0.2) is 44.2 Å². The molecule has 0 spiro atoms. The highest BCUT2D eigenvalue weighted by Gasteiger charge is 2.31. The van der Waals surface area contributed by atoms with Gasteiger partial charge in [0.15, 0.2) is 0 Å². The van der Waals surface area contributed by atoms with Crippen LogP contribution in [0.2, 0.25) is 0 Å². The summed E-state index contributed by atoms with van der Waals surface area (Å²) in [5.74, 6) is -0.833. The van der Waals surface area contributed by atoms with Crippen LogP contribution in [0, 0.1) is 0 Å². The van der Waals surface area contributed by atoms with E-state index in [9.17, 15) is 18.0 Å². The number of amides is 2. The SMILES string of the molecule is C[C@H]1C(=O)Nc2ccc(S(=O)(=O)N(C)CC(=O)NC3CC3)cc21. The highest BCUT2D eigenvalue weighted by Crippen LogP contribution is 2.34. The summed E-state index contributed by atoms with van der Waals surface area (Å²) in [6.45, 7) is 1.51. The number of nitrogens with one attached hydrogen (secondary N) is 2. The van der Waals surface area contributed by atoms with E-state index in [1.54, 1.807) is 13.0 Å². The van der Waals surface area contributed by atoms with Crippen LogP contribution in [0.25, 0.3) is 0 Å². The molecule has 1 saturated carbocycles. The van der Waals surface area contributed by atoms with Crippen LogP contribution in [-0.2, 0) is 19.6 Å². The third kappa shape index (κ3) is 3.09. The molecule has 1 aliphatic heterocycles. The van der Waals surface area contributed by atoms with Crippen molar-refractivity contribution in [3.8, 4) is 0 Å². The molecular weight excluding hydrogens is 318 g/mol. The molecule has 0 bridgehead atoms. The predicted molar refractivity (Wildman–Crippen MR) is 84.5 cm³/mol. The van der Waals surface area contributed by atoms with Crippen molar-refractivity contribution in [3.63, 3.8) is 0 Å². The second-order valence-corrected chi connectivity index (χ2v) is 8.11. The fourth-order valence-electron chi connectivity index (χ4n) is 2.52. The summed E-state index contributed by atoms with van der Waals surface area (Å²) >= 11 is 0. The zero-order valence-corrected chi connectivity index (χ0v) is 13.8. The molecule has 1 heterocycles. The van der Waals surface area contributed by atoms with E-state index < -0.39 is 10.0 Å². The summed E-state index contributed by atoms with van der Waals surface area (Å²) in [5, 5.41) is 5.47. The van der Waals surface area contributed by atoms with Crippen molar-refractivity contribution in [2.45, 2.75) is 36.6 Å². The van der Waals surface area contributed by atoms with E-state index in [1.165, 1.54) is 19.2 Å². The van der Waals surface area contributed by atoms with Gasteiger partial charge in [-0.05, 0) is 43.5 Å². The van der Waals surface area contributed by atoms with Gasteiger partial charge in [-0.1, -0.05) is 0 Å². The largest absolute Gasteiger partial charge is 0.352 e. The Kier molecular flexibility index (Phi) is 3.89. The molecule has 2 N–H and O–H groups in total. The van der Waals surface area contributed by atoms with Gasteiger partial charge in [-0.2, -0.15) is 4.31 Å². The highest BCUT2D eigenvalue weighted by molar-refractivity contribution is 7.89. The van der Waals surface area contributed by atoms with E-state index >= 15 is 0 Å². The van der Waals surface area contributed by atoms with Gasteiger partial charge in [-0.15, -0.1) is 0 Å². The first kappa shape index (κ1) is 15.9.